The summed E-state index contributed by atoms with van der Waals surface area (Å²) in [7, 11) is 0. The first-order chi connectivity index (χ1) is 9.42. The Labute approximate surface area is 112 Å². The van der Waals surface area contributed by atoms with Gasteiger partial charge in [-0.15, -0.1) is 0 Å². The molecule has 3 aromatic rings. The minimum Gasteiger partial charge on any atom is -0.371 e. The van der Waals surface area contributed by atoms with Gasteiger partial charge in [0, 0.05) is 53.0 Å². The maximum absolute atomic E-state index is 4.22. The van der Waals surface area contributed by atoms with E-state index in [-0.39, 0.29) is 0 Å². The Kier molecular flexibility index (Phi) is 2.44. The number of hydrogen-bond acceptors (Lipinski definition) is 2. The molecule has 3 nitrogen and oxygen atoms in total. The number of H-pyrrole nitrogens is 1. The first-order valence-electron chi connectivity index (χ1n) is 7.02. The molecule has 4 rings (SSSR count). The van der Waals surface area contributed by atoms with Crippen molar-refractivity contribution >= 4 is 27.5 Å². The summed E-state index contributed by atoms with van der Waals surface area (Å²) >= 11 is 0. The SMILES string of the molecule is c1cc2[nH]c3cc(N4CCCCC4)ccc3c2cn1. The molecule has 3 heteroatoms. The molecule has 2 aromatic heterocycles. The van der Waals surface area contributed by atoms with Crippen molar-refractivity contribution in [1.29, 1.82) is 0 Å². The first-order valence-corrected chi connectivity index (χ1v) is 7.02. The van der Waals surface area contributed by atoms with Crippen molar-refractivity contribution in [3.8, 4) is 0 Å². The van der Waals surface area contributed by atoms with Crippen LogP contribution in [-0.2, 0) is 0 Å². The van der Waals surface area contributed by atoms with Crippen LogP contribution in [0.5, 0.6) is 0 Å². The Balaban J connectivity index is 1.84. The number of fused-ring (bicyclic) bond motifs is 3. The Morgan fingerprint density at radius 3 is 2.74 bits per heavy atom. The van der Waals surface area contributed by atoms with Gasteiger partial charge in [0.1, 0.15) is 0 Å². The Hall–Kier alpha value is -2.03. The van der Waals surface area contributed by atoms with Crippen molar-refractivity contribution in [2.45, 2.75) is 19.3 Å². The highest BCUT2D eigenvalue weighted by molar-refractivity contribution is 6.07. The zero-order valence-corrected chi connectivity index (χ0v) is 10.9. The van der Waals surface area contributed by atoms with Gasteiger partial charge in [-0.25, -0.2) is 0 Å². The number of aromatic nitrogens is 2. The van der Waals surface area contributed by atoms with Crippen molar-refractivity contribution in [3.05, 3.63) is 36.7 Å². The van der Waals surface area contributed by atoms with Gasteiger partial charge in [0.15, 0.2) is 0 Å². The van der Waals surface area contributed by atoms with Gasteiger partial charge in [-0.3, -0.25) is 4.98 Å². The van der Waals surface area contributed by atoms with Crippen LogP contribution < -0.4 is 4.90 Å². The molecule has 1 fully saturated rings. The maximum atomic E-state index is 4.22. The zero-order chi connectivity index (χ0) is 12.7. The standard InChI is InChI=1S/C16H17N3/c1-2-8-19(9-3-1)12-4-5-13-14-11-17-7-6-15(14)18-16(13)10-12/h4-7,10-11,18H,1-3,8-9H2. The van der Waals surface area contributed by atoms with Crippen molar-refractivity contribution in [2.24, 2.45) is 0 Å². The molecule has 1 saturated heterocycles. The van der Waals surface area contributed by atoms with E-state index in [1.165, 1.54) is 59.8 Å². The molecule has 0 bridgehead atoms. The minimum atomic E-state index is 1.17. The van der Waals surface area contributed by atoms with Crippen LogP contribution in [-0.4, -0.2) is 23.1 Å². The highest BCUT2D eigenvalue weighted by Crippen LogP contribution is 2.29. The molecule has 0 radical (unpaired) electrons. The molecular weight excluding hydrogens is 234 g/mol. The summed E-state index contributed by atoms with van der Waals surface area (Å²) < 4.78 is 0. The number of benzene rings is 1. The lowest BCUT2D eigenvalue weighted by molar-refractivity contribution is 0.578. The number of rotatable bonds is 1. The number of anilines is 1. The molecular formula is C16H17N3. The van der Waals surface area contributed by atoms with Crippen LogP contribution in [0.3, 0.4) is 0 Å². The monoisotopic (exact) mass is 251 g/mol. The summed E-state index contributed by atoms with van der Waals surface area (Å²) in [6.07, 6.45) is 7.78. The van der Waals surface area contributed by atoms with Crippen LogP contribution in [0.2, 0.25) is 0 Å². The van der Waals surface area contributed by atoms with Crippen molar-refractivity contribution in [1.82, 2.24) is 9.97 Å². The number of nitrogens with one attached hydrogen (secondary N) is 1. The van der Waals surface area contributed by atoms with Crippen LogP contribution in [0.1, 0.15) is 19.3 Å². The average molecular weight is 251 g/mol. The van der Waals surface area contributed by atoms with Gasteiger partial charge >= 0.3 is 0 Å². The fourth-order valence-corrected chi connectivity index (χ4v) is 3.08. The number of pyridine rings is 1. The van der Waals surface area contributed by atoms with Gasteiger partial charge in [0.2, 0.25) is 0 Å². The number of hydrogen-bond donors (Lipinski definition) is 1. The first kappa shape index (κ1) is 10.9. The summed E-state index contributed by atoms with van der Waals surface area (Å²) in [5.41, 5.74) is 3.72. The van der Waals surface area contributed by atoms with Crippen molar-refractivity contribution in [2.75, 3.05) is 18.0 Å². The van der Waals surface area contributed by atoms with Gasteiger partial charge in [0.25, 0.3) is 0 Å². The fourth-order valence-electron chi connectivity index (χ4n) is 3.08. The molecule has 0 aliphatic carbocycles. The maximum Gasteiger partial charge on any atom is 0.0495 e. The molecule has 0 spiro atoms. The van der Waals surface area contributed by atoms with Crippen molar-refractivity contribution in [3.63, 3.8) is 0 Å². The van der Waals surface area contributed by atoms with E-state index in [4.69, 9.17) is 0 Å². The molecule has 0 unspecified atom stereocenters. The van der Waals surface area contributed by atoms with E-state index in [0.717, 1.165) is 0 Å². The second kappa shape index (κ2) is 4.26. The molecule has 1 N–H and O–H groups in total. The highest BCUT2D eigenvalue weighted by atomic mass is 15.1. The molecule has 0 amide bonds. The molecule has 1 aliphatic rings. The molecule has 3 heterocycles. The predicted molar refractivity (Wildman–Crippen MR) is 79.7 cm³/mol. The number of piperidine rings is 1. The van der Waals surface area contributed by atoms with Crippen LogP contribution >= 0.6 is 0 Å². The quantitative estimate of drug-likeness (QED) is 0.715. The molecule has 0 atom stereocenters. The van der Waals surface area contributed by atoms with E-state index >= 15 is 0 Å². The van der Waals surface area contributed by atoms with Crippen LogP contribution in [0, 0.1) is 0 Å². The van der Waals surface area contributed by atoms with Gasteiger partial charge in [-0.05, 0) is 37.5 Å². The summed E-state index contributed by atoms with van der Waals surface area (Å²) in [5.74, 6) is 0. The summed E-state index contributed by atoms with van der Waals surface area (Å²) in [6.45, 7) is 2.38. The predicted octanol–water partition coefficient (Wildman–Crippen LogP) is 3.71. The third-order valence-corrected chi connectivity index (χ3v) is 4.10. The van der Waals surface area contributed by atoms with Crippen LogP contribution in [0.4, 0.5) is 5.69 Å². The molecule has 0 saturated carbocycles. The number of nitrogens with zero attached hydrogens (tertiary/aromatic N) is 2. The minimum absolute atomic E-state index is 1.17. The second-order valence-electron chi connectivity index (χ2n) is 5.32. The van der Waals surface area contributed by atoms with E-state index in [2.05, 4.69) is 33.1 Å². The molecule has 1 aromatic carbocycles. The fraction of sp³-hybridized carbons (Fsp3) is 0.312. The lowest BCUT2D eigenvalue weighted by atomic mass is 10.1. The van der Waals surface area contributed by atoms with E-state index in [1.807, 2.05) is 18.5 Å². The Bertz CT molecular complexity index is 723. The second-order valence-corrected chi connectivity index (χ2v) is 5.32. The normalized spacial score (nSPS) is 16.3. The Morgan fingerprint density at radius 2 is 1.84 bits per heavy atom. The lowest BCUT2D eigenvalue weighted by Gasteiger charge is -2.28. The Morgan fingerprint density at radius 1 is 0.947 bits per heavy atom. The summed E-state index contributed by atoms with van der Waals surface area (Å²) in [5, 5.41) is 2.48. The lowest BCUT2D eigenvalue weighted by Crippen LogP contribution is -2.29. The van der Waals surface area contributed by atoms with Crippen LogP contribution in [0.25, 0.3) is 21.8 Å². The summed E-state index contributed by atoms with van der Waals surface area (Å²) in [6, 6.07) is 8.78. The van der Waals surface area contributed by atoms with Gasteiger partial charge in [0.05, 0.1) is 0 Å². The zero-order valence-electron chi connectivity index (χ0n) is 10.9. The van der Waals surface area contributed by atoms with Gasteiger partial charge < -0.3 is 9.88 Å². The molecule has 1 aliphatic heterocycles. The van der Waals surface area contributed by atoms with Gasteiger partial charge in [-0.1, -0.05) is 6.07 Å². The van der Waals surface area contributed by atoms with E-state index in [0.29, 0.717) is 0 Å². The average Bonchev–Trinajstić information content (AvgIpc) is 2.86. The van der Waals surface area contributed by atoms with Gasteiger partial charge in [-0.2, -0.15) is 0 Å². The number of aromatic amines is 1. The third kappa shape index (κ3) is 1.77. The van der Waals surface area contributed by atoms with E-state index in [9.17, 15) is 0 Å². The molecule has 96 valence electrons. The van der Waals surface area contributed by atoms with E-state index < -0.39 is 0 Å². The third-order valence-electron chi connectivity index (χ3n) is 4.10. The summed E-state index contributed by atoms with van der Waals surface area (Å²) in [4.78, 5) is 10.2. The van der Waals surface area contributed by atoms with E-state index in [1.54, 1.807) is 0 Å². The topological polar surface area (TPSA) is 31.9 Å². The smallest absolute Gasteiger partial charge is 0.0495 e. The largest absolute Gasteiger partial charge is 0.371 e. The van der Waals surface area contributed by atoms with Crippen molar-refractivity contribution < 1.29 is 0 Å². The van der Waals surface area contributed by atoms with Crippen LogP contribution in [0.15, 0.2) is 36.7 Å². The molecule has 19 heavy (non-hydrogen) atoms. The highest BCUT2D eigenvalue weighted by Gasteiger charge is 2.12.